The maximum absolute atomic E-state index is 14.1. The molecule has 1 aromatic carbocycles. The molecule has 0 radical (unpaired) electrons. The van der Waals surface area contributed by atoms with E-state index in [-0.39, 0.29) is 18.0 Å². The third-order valence-corrected chi connectivity index (χ3v) is 4.01. The number of rotatable bonds is 5. The van der Waals surface area contributed by atoms with Crippen LogP contribution >= 0.6 is 0 Å². The zero-order chi connectivity index (χ0) is 18.7. The summed E-state index contributed by atoms with van der Waals surface area (Å²) in [6.07, 6.45) is 4.81. The van der Waals surface area contributed by atoms with Crippen LogP contribution in [0.25, 0.3) is 0 Å². The summed E-state index contributed by atoms with van der Waals surface area (Å²) in [5.41, 5.74) is 7.37. The van der Waals surface area contributed by atoms with Crippen molar-refractivity contribution in [3.8, 4) is 17.2 Å². The van der Waals surface area contributed by atoms with Crippen molar-refractivity contribution in [3.63, 3.8) is 0 Å². The van der Waals surface area contributed by atoms with Crippen LogP contribution in [0.5, 0.6) is 17.2 Å². The lowest BCUT2D eigenvalue weighted by Gasteiger charge is -2.13. The van der Waals surface area contributed by atoms with Gasteiger partial charge < -0.3 is 15.2 Å². The van der Waals surface area contributed by atoms with E-state index in [4.69, 9.17) is 15.2 Å². The van der Waals surface area contributed by atoms with Crippen molar-refractivity contribution in [1.29, 1.82) is 0 Å². The normalized spacial score (nSPS) is 10.6. The first-order valence-electron chi connectivity index (χ1n) is 7.83. The Bertz CT molecular complexity index is 948. The summed E-state index contributed by atoms with van der Waals surface area (Å²) in [4.78, 5) is 7.82. The van der Waals surface area contributed by atoms with Crippen LogP contribution in [0.1, 0.15) is 16.7 Å². The van der Waals surface area contributed by atoms with Crippen molar-refractivity contribution in [3.05, 3.63) is 71.2 Å². The Morgan fingerprint density at radius 1 is 1.08 bits per heavy atom. The Balaban J connectivity index is 1.89. The van der Waals surface area contributed by atoms with Crippen molar-refractivity contribution >= 4 is 5.82 Å². The van der Waals surface area contributed by atoms with Crippen LogP contribution in [0.3, 0.4) is 0 Å². The molecule has 0 aliphatic rings. The molecule has 0 fully saturated rings. The van der Waals surface area contributed by atoms with Crippen molar-refractivity contribution in [1.82, 2.24) is 9.97 Å². The molecular weight excluding hydrogens is 340 g/mol. The summed E-state index contributed by atoms with van der Waals surface area (Å²) in [5, 5.41) is 0. The summed E-state index contributed by atoms with van der Waals surface area (Å²) in [7, 11) is 1.46. The minimum atomic E-state index is -0.556. The van der Waals surface area contributed by atoms with E-state index < -0.39 is 11.6 Å². The average molecular weight is 357 g/mol. The Morgan fingerprint density at radius 2 is 1.88 bits per heavy atom. The fourth-order valence-corrected chi connectivity index (χ4v) is 2.48. The topological polar surface area (TPSA) is 70.3 Å². The molecule has 0 aliphatic carbocycles. The molecule has 0 atom stereocenters. The molecule has 2 aromatic heterocycles. The van der Waals surface area contributed by atoms with Gasteiger partial charge in [0.05, 0.1) is 13.3 Å². The maximum Gasteiger partial charge on any atom is 0.169 e. The van der Waals surface area contributed by atoms with E-state index in [1.54, 1.807) is 25.3 Å². The quantitative estimate of drug-likeness (QED) is 0.746. The molecule has 26 heavy (non-hydrogen) atoms. The SMILES string of the molecule is COc1ccc(Oc2cncc(Cc3ccnc(N)c3F)c2C)c(F)c1. The second kappa shape index (κ2) is 7.35. The highest BCUT2D eigenvalue weighted by molar-refractivity contribution is 5.44. The number of aromatic nitrogens is 2. The number of nitrogens with two attached hydrogens (primary N) is 1. The zero-order valence-corrected chi connectivity index (χ0v) is 14.3. The highest BCUT2D eigenvalue weighted by atomic mass is 19.1. The molecule has 0 saturated carbocycles. The first-order chi connectivity index (χ1) is 12.5. The average Bonchev–Trinajstić information content (AvgIpc) is 2.63. The lowest BCUT2D eigenvalue weighted by Crippen LogP contribution is -2.02. The van der Waals surface area contributed by atoms with E-state index in [0.29, 0.717) is 17.1 Å². The zero-order valence-electron chi connectivity index (χ0n) is 14.3. The Hall–Kier alpha value is -3.22. The first kappa shape index (κ1) is 17.6. The number of pyridine rings is 2. The molecule has 7 heteroatoms. The fourth-order valence-electron chi connectivity index (χ4n) is 2.48. The van der Waals surface area contributed by atoms with Gasteiger partial charge in [0.2, 0.25) is 0 Å². The van der Waals surface area contributed by atoms with Gasteiger partial charge in [0, 0.05) is 24.9 Å². The van der Waals surface area contributed by atoms with Gasteiger partial charge in [-0.3, -0.25) is 4.98 Å². The van der Waals surface area contributed by atoms with Gasteiger partial charge in [0.25, 0.3) is 0 Å². The summed E-state index contributed by atoms with van der Waals surface area (Å²) >= 11 is 0. The van der Waals surface area contributed by atoms with Crippen molar-refractivity contribution in [2.75, 3.05) is 12.8 Å². The van der Waals surface area contributed by atoms with Crippen molar-refractivity contribution in [2.45, 2.75) is 13.3 Å². The number of nitrogens with zero attached hydrogens (tertiary/aromatic N) is 2. The molecule has 134 valence electrons. The van der Waals surface area contributed by atoms with E-state index in [1.165, 1.54) is 31.6 Å². The van der Waals surface area contributed by atoms with Crippen LogP contribution in [0.15, 0.2) is 42.9 Å². The standard InChI is InChI=1S/C19H17F2N3O2/c1-11-13(7-12-5-6-24-19(22)18(12)21)9-23-10-17(11)26-16-4-3-14(25-2)8-15(16)20/h3-6,8-10H,7H2,1-2H3,(H2,22,24). The van der Waals surface area contributed by atoms with Crippen molar-refractivity contribution < 1.29 is 18.3 Å². The summed E-state index contributed by atoms with van der Waals surface area (Å²) in [6, 6.07) is 5.86. The third kappa shape index (κ3) is 3.56. The number of methoxy groups -OCH3 is 1. The fraction of sp³-hybridized carbons (Fsp3) is 0.158. The van der Waals surface area contributed by atoms with Gasteiger partial charge in [-0.05, 0) is 41.8 Å². The number of halogens is 2. The Morgan fingerprint density at radius 3 is 2.62 bits per heavy atom. The van der Waals surface area contributed by atoms with Gasteiger partial charge in [-0.25, -0.2) is 13.8 Å². The molecule has 2 N–H and O–H groups in total. The maximum atomic E-state index is 14.1. The van der Waals surface area contributed by atoms with Gasteiger partial charge in [0.1, 0.15) is 11.5 Å². The van der Waals surface area contributed by atoms with E-state index in [0.717, 1.165) is 11.1 Å². The highest BCUT2D eigenvalue weighted by Gasteiger charge is 2.14. The second-order valence-electron chi connectivity index (χ2n) is 5.67. The number of hydrogen-bond donors (Lipinski definition) is 1. The number of anilines is 1. The van der Waals surface area contributed by atoms with E-state index in [9.17, 15) is 8.78 Å². The van der Waals surface area contributed by atoms with Gasteiger partial charge in [-0.15, -0.1) is 0 Å². The molecule has 5 nitrogen and oxygen atoms in total. The van der Waals surface area contributed by atoms with Crippen LogP contribution in [0.4, 0.5) is 14.6 Å². The molecule has 3 aromatic rings. The van der Waals surface area contributed by atoms with Gasteiger partial charge in [0.15, 0.2) is 23.2 Å². The molecular formula is C19H17F2N3O2. The smallest absolute Gasteiger partial charge is 0.169 e. The van der Waals surface area contributed by atoms with Crippen LogP contribution in [0.2, 0.25) is 0 Å². The van der Waals surface area contributed by atoms with Crippen molar-refractivity contribution in [2.24, 2.45) is 0 Å². The van der Waals surface area contributed by atoms with Gasteiger partial charge in [-0.2, -0.15) is 0 Å². The molecule has 0 aliphatic heterocycles. The molecule has 0 spiro atoms. The Labute approximate surface area is 149 Å². The van der Waals surface area contributed by atoms with Crippen LogP contribution in [-0.4, -0.2) is 17.1 Å². The number of benzene rings is 1. The predicted molar refractivity (Wildman–Crippen MR) is 93.4 cm³/mol. The second-order valence-corrected chi connectivity index (χ2v) is 5.67. The molecule has 0 bridgehead atoms. The number of hydrogen-bond acceptors (Lipinski definition) is 5. The van der Waals surface area contributed by atoms with Gasteiger partial charge in [-0.1, -0.05) is 0 Å². The van der Waals surface area contributed by atoms with E-state index in [1.807, 2.05) is 0 Å². The van der Waals surface area contributed by atoms with Gasteiger partial charge >= 0.3 is 0 Å². The van der Waals surface area contributed by atoms with E-state index >= 15 is 0 Å². The largest absolute Gasteiger partial charge is 0.497 e. The summed E-state index contributed by atoms with van der Waals surface area (Å²) in [6.45, 7) is 1.80. The number of nitrogen functional groups attached to an aromatic ring is 1. The van der Waals surface area contributed by atoms with E-state index in [2.05, 4.69) is 9.97 Å². The van der Waals surface area contributed by atoms with Crippen LogP contribution in [-0.2, 0) is 6.42 Å². The first-order valence-corrected chi connectivity index (χ1v) is 7.83. The summed E-state index contributed by atoms with van der Waals surface area (Å²) < 4.78 is 38.8. The van der Waals surface area contributed by atoms with Crippen LogP contribution < -0.4 is 15.2 Å². The predicted octanol–water partition coefficient (Wildman–Crippen LogP) is 4.04. The molecule has 3 rings (SSSR count). The Kier molecular flexibility index (Phi) is 4.97. The van der Waals surface area contributed by atoms with Crippen LogP contribution in [0, 0.1) is 18.6 Å². The third-order valence-electron chi connectivity index (χ3n) is 4.01. The molecule has 2 heterocycles. The molecule has 0 unspecified atom stereocenters. The monoisotopic (exact) mass is 357 g/mol. The molecule has 0 amide bonds. The minimum absolute atomic E-state index is 0.0483. The molecule has 0 saturated heterocycles. The minimum Gasteiger partial charge on any atom is -0.497 e. The lowest BCUT2D eigenvalue weighted by molar-refractivity contribution is 0.401. The highest BCUT2D eigenvalue weighted by Crippen LogP contribution is 2.31. The summed E-state index contributed by atoms with van der Waals surface area (Å²) in [5.74, 6) is -0.437. The number of ether oxygens (including phenoxy) is 2. The lowest BCUT2D eigenvalue weighted by atomic mass is 10.0.